The molecular formula is C13H13ClN2O3. The fourth-order valence-electron chi connectivity index (χ4n) is 1.86. The average Bonchev–Trinajstić information content (AvgIpc) is 2.39. The first-order chi connectivity index (χ1) is 9.04. The highest BCUT2D eigenvalue weighted by Gasteiger charge is 2.12. The molecule has 2 rings (SSSR count). The van der Waals surface area contributed by atoms with Gasteiger partial charge >= 0.3 is 5.97 Å². The minimum atomic E-state index is -0.396. The Morgan fingerprint density at radius 2 is 2.21 bits per heavy atom. The molecule has 0 aliphatic carbocycles. The number of halogens is 1. The van der Waals surface area contributed by atoms with E-state index in [1.54, 1.807) is 12.1 Å². The summed E-state index contributed by atoms with van der Waals surface area (Å²) in [6.45, 7) is 2.02. The number of carbonyl (C=O) groups excluding carboxylic acids is 1. The number of benzene rings is 1. The number of hydrogen-bond donors (Lipinski definition) is 0. The number of aromatic nitrogens is 2. The standard InChI is InChI=1S/C13H13ClN2O3/c1-8-4-3-5-9-11(8)15-13(14)16(12(9)18)7-6-10(17)19-2/h3-5H,6-7H2,1-2H3. The van der Waals surface area contributed by atoms with Gasteiger partial charge in [0.25, 0.3) is 5.56 Å². The molecule has 2 aromatic rings. The van der Waals surface area contributed by atoms with Crippen molar-refractivity contribution in [1.82, 2.24) is 9.55 Å². The van der Waals surface area contributed by atoms with Gasteiger partial charge < -0.3 is 4.74 Å². The summed E-state index contributed by atoms with van der Waals surface area (Å²) >= 11 is 6.01. The van der Waals surface area contributed by atoms with Crippen molar-refractivity contribution in [2.75, 3.05) is 7.11 Å². The maximum absolute atomic E-state index is 12.3. The molecule has 0 unspecified atom stereocenters. The molecule has 0 bridgehead atoms. The second-order valence-electron chi connectivity index (χ2n) is 4.13. The van der Waals surface area contributed by atoms with Crippen LogP contribution in [0.1, 0.15) is 12.0 Å². The van der Waals surface area contributed by atoms with Crippen molar-refractivity contribution in [2.45, 2.75) is 19.9 Å². The van der Waals surface area contributed by atoms with Gasteiger partial charge in [-0.2, -0.15) is 0 Å². The maximum Gasteiger partial charge on any atom is 0.307 e. The zero-order valence-electron chi connectivity index (χ0n) is 10.6. The molecule has 0 radical (unpaired) electrons. The number of ether oxygens (including phenoxy) is 1. The number of nitrogens with zero attached hydrogens (tertiary/aromatic N) is 2. The molecule has 1 aromatic heterocycles. The minimum Gasteiger partial charge on any atom is -0.469 e. The molecule has 0 saturated heterocycles. The van der Waals surface area contributed by atoms with Gasteiger partial charge in [-0.25, -0.2) is 4.98 Å². The van der Waals surface area contributed by atoms with Crippen LogP contribution >= 0.6 is 11.6 Å². The lowest BCUT2D eigenvalue weighted by molar-refractivity contribution is -0.140. The Bertz CT molecular complexity index is 694. The number of carbonyl (C=O) groups is 1. The highest BCUT2D eigenvalue weighted by Crippen LogP contribution is 2.15. The van der Waals surface area contributed by atoms with Crippen LogP contribution in [0.25, 0.3) is 10.9 Å². The predicted octanol–water partition coefficient (Wildman–Crippen LogP) is 1.92. The van der Waals surface area contributed by atoms with Gasteiger partial charge in [-0.3, -0.25) is 14.2 Å². The molecule has 19 heavy (non-hydrogen) atoms. The van der Waals surface area contributed by atoms with Crippen LogP contribution in [0.2, 0.25) is 5.28 Å². The van der Waals surface area contributed by atoms with Gasteiger partial charge in [0.05, 0.1) is 24.4 Å². The van der Waals surface area contributed by atoms with Gasteiger partial charge in [0.15, 0.2) is 0 Å². The summed E-state index contributed by atoms with van der Waals surface area (Å²) in [6.07, 6.45) is 0.0785. The van der Waals surface area contributed by atoms with E-state index < -0.39 is 5.97 Å². The molecule has 0 saturated carbocycles. The summed E-state index contributed by atoms with van der Waals surface area (Å²) in [4.78, 5) is 27.6. The largest absolute Gasteiger partial charge is 0.469 e. The molecule has 1 aromatic carbocycles. The van der Waals surface area contributed by atoms with E-state index in [2.05, 4.69) is 9.72 Å². The Hall–Kier alpha value is -1.88. The van der Waals surface area contributed by atoms with Gasteiger partial charge in [-0.1, -0.05) is 12.1 Å². The third kappa shape index (κ3) is 2.61. The summed E-state index contributed by atoms with van der Waals surface area (Å²) in [5.41, 5.74) is 1.23. The fourth-order valence-corrected chi connectivity index (χ4v) is 2.11. The van der Waals surface area contributed by atoms with E-state index in [1.165, 1.54) is 11.7 Å². The molecule has 5 nitrogen and oxygen atoms in total. The summed E-state index contributed by atoms with van der Waals surface area (Å²) in [5.74, 6) is -0.396. The quantitative estimate of drug-likeness (QED) is 0.637. The molecule has 6 heteroatoms. The normalized spacial score (nSPS) is 10.7. The van der Waals surface area contributed by atoms with Gasteiger partial charge in [0.1, 0.15) is 0 Å². The van der Waals surface area contributed by atoms with E-state index in [1.807, 2.05) is 13.0 Å². The molecule has 0 aliphatic heterocycles. The van der Waals surface area contributed by atoms with Crippen molar-refractivity contribution >= 4 is 28.5 Å². The van der Waals surface area contributed by atoms with Crippen molar-refractivity contribution in [3.63, 3.8) is 0 Å². The maximum atomic E-state index is 12.3. The van der Waals surface area contributed by atoms with Crippen LogP contribution in [-0.4, -0.2) is 22.6 Å². The fraction of sp³-hybridized carbons (Fsp3) is 0.308. The first-order valence-electron chi connectivity index (χ1n) is 5.77. The summed E-state index contributed by atoms with van der Waals surface area (Å²) in [6, 6.07) is 5.35. The molecule has 1 heterocycles. The summed E-state index contributed by atoms with van der Waals surface area (Å²) in [5, 5.41) is 0.574. The molecule has 0 N–H and O–H groups in total. The van der Waals surface area contributed by atoms with Crippen molar-refractivity contribution in [1.29, 1.82) is 0 Å². The average molecular weight is 281 g/mol. The van der Waals surface area contributed by atoms with Gasteiger partial charge in [-0.05, 0) is 30.2 Å². The number of esters is 1. The first-order valence-corrected chi connectivity index (χ1v) is 6.15. The zero-order valence-corrected chi connectivity index (χ0v) is 11.4. The third-order valence-electron chi connectivity index (χ3n) is 2.91. The van der Waals surface area contributed by atoms with Crippen molar-refractivity contribution < 1.29 is 9.53 Å². The molecule has 100 valence electrons. The molecule has 0 amide bonds. The van der Waals surface area contributed by atoms with Crippen LogP contribution in [-0.2, 0) is 16.1 Å². The van der Waals surface area contributed by atoms with E-state index in [4.69, 9.17) is 11.6 Å². The Kier molecular flexibility index (Phi) is 3.85. The Labute approximate surface area is 114 Å². The van der Waals surface area contributed by atoms with Crippen molar-refractivity contribution in [3.05, 3.63) is 39.4 Å². The van der Waals surface area contributed by atoms with Crippen LogP contribution < -0.4 is 5.56 Å². The van der Waals surface area contributed by atoms with E-state index in [0.29, 0.717) is 10.9 Å². The lowest BCUT2D eigenvalue weighted by Gasteiger charge is -2.09. The highest BCUT2D eigenvalue weighted by atomic mass is 35.5. The van der Waals surface area contributed by atoms with Gasteiger partial charge in [0, 0.05) is 6.54 Å². The number of fused-ring (bicyclic) bond motifs is 1. The summed E-state index contributed by atoms with van der Waals surface area (Å²) in [7, 11) is 1.30. The highest BCUT2D eigenvalue weighted by molar-refractivity contribution is 6.28. The zero-order chi connectivity index (χ0) is 14.0. The Balaban J connectivity index is 2.51. The van der Waals surface area contributed by atoms with Crippen LogP contribution in [0, 0.1) is 6.92 Å². The van der Waals surface area contributed by atoms with E-state index in [0.717, 1.165) is 5.56 Å². The number of rotatable bonds is 3. The molecule has 0 aliphatic rings. The van der Waals surface area contributed by atoms with Crippen LogP contribution in [0.3, 0.4) is 0 Å². The Morgan fingerprint density at radius 3 is 2.89 bits per heavy atom. The van der Waals surface area contributed by atoms with E-state index >= 15 is 0 Å². The molecular weight excluding hydrogens is 268 g/mol. The van der Waals surface area contributed by atoms with Crippen LogP contribution in [0.4, 0.5) is 0 Å². The number of para-hydroxylation sites is 1. The topological polar surface area (TPSA) is 61.2 Å². The van der Waals surface area contributed by atoms with Crippen molar-refractivity contribution in [3.8, 4) is 0 Å². The molecule has 0 atom stereocenters. The number of hydrogen-bond acceptors (Lipinski definition) is 4. The lowest BCUT2D eigenvalue weighted by Crippen LogP contribution is -2.24. The second-order valence-corrected chi connectivity index (χ2v) is 4.47. The third-order valence-corrected chi connectivity index (χ3v) is 3.20. The SMILES string of the molecule is COC(=O)CCn1c(Cl)nc2c(C)cccc2c1=O. The lowest BCUT2D eigenvalue weighted by atomic mass is 10.1. The van der Waals surface area contributed by atoms with Crippen LogP contribution in [0.5, 0.6) is 0 Å². The first kappa shape index (κ1) is 13.5. The predicted molar refractivity (Wildman–Crippen MR) is 72.4 cm³/mol. The molecule has 0 spiro atoms. The number of aryl methyl sites for hydroxylation is 1. The number of methoxy groups -OCH3 is 1. The Morgan fingerprint density at radius 1 is 1.47 bits per heavy atom. The van der Waals surface area contributed by atoms with Crippen LogP contribution in [0.15, 0.2) is 23.0 Å². The second kappa shape index (κ2) is 5.40. The minimum absolute atomic E-state index is 0.0785. The monoisotopic (exact) mass is 280 g/mol. The van der Waals surface area contributed by atoms with E-state index in [-0.39, 0.29) is 23.8 Å². The van der Waals surface area contributed by atoms with E-state index in [9.17, 15) is 9.59 Å². The summed E-state index contributed by atoms with van der Waals surface area (Å²) < 4.78 is 5.82. The molecule has 0 fully saturated rings. The smallest absolute Gasteiger partial charge is 0.307 e. The van der Waals surface area contributed by atoms with Gasteiger partial charge in [-0.15, -0.1) is 0 Å². The van der Waals surface area contributed by atoms with Crippen molar-refractivity contribution in [2.24, 2.45) is 0 Å². The van der Waals surface area contributed by atoms with Gasteiger partial charge in [0.2, 0.25) is 5.28 Å².